The fraction of sp³-hybridized carbons (Fsp3) is 0.500. The highest BCUT2D eigenvalue weighted by atomic mass is 16.3. The van der Waals surface area contributed by atoms with Gasteiger partial charge in [0.2, 0.25) is 5.91 Å². The van der Waals surface area contributed by atoms with Gasteiger partial charge in [0.1, 0.15) is 17.4 Å². The number of carbonyl (C=O) groups excluding carboxylic acids is 1. The molecule has 0 aliphatic carbocycles. The van der Waals surface area contributed by atoms with Crippen LogP contribution in [0.3, 0.4) is 0 Å². The maximum atomic E-state index is 12.5. The Balaban J connectivity index is 1.62. The van der Waals surface area contributed by atoms with Gasteiger partial charge < -0.3 is 14.7 Å². The molecule has 1 atom stereocenters. The minimum Gasteiger partial charge on any atom is -0.468 e. The Labute approximate surface area is 170 Å². The first-order chi connectivity index (χ1) is 14.0. The van der Waals surface area contributed by atoms with Crippen molar-refractivity contribution >= 4 is 5.91 Å². The lowest BCUT2D eigenvalue weighted by molar-refractivity contribution is -0.121. The summed E-state index contributed by atoms with van der Waals surface area (Å²) in [5.41, 5.74) is 1.96. The Morgan fingerprint density at radius 2 is 2.10 bits per heavy atom. The first-order valence-corrected chi connectivity index (χ1v) is 10.2. The summed E-state index contributed by atoms with van der Waals surface area (Å²) in [4.78, 5) is 29.5. The quantitative estimate of drug-likeness (QED) is 0.749. The van der Waals surface area contributed by atoms with Crippen LogP contribution < -0.4 is 10.9 Å². The van der Waals surface area contributed by atoms with E-state index in [0.29, 0.717) is 30.6 Å². The van der Waals surface area contributed by atoms with E-state index < -0.39 is 0 Å². The molecule has 0 saturated carbocycles. The normalized spacial score (nSPS) is 15.6. The molecule has 1 saturated heterocycles. The molecule has 0 radical (unpaired) electrons. The van der Waals surface area contributed by atoms with Crippen LogP contribution in [0.15, 0.2) is 27.6 Å². The van der Waals surface area contributed by atoms with Crippen LogP contribution in [-0.4, -0.2) is 35.4 Å². The van der Waals surface area contributed by atoms with Crippen molar-refractivity contribution in [3.8, 4) is 6.07 Å². The monoisotopic (exact) mass is 396 g/mol. The predicted octanol–water partition coefficient (Wildman–Crippen LogP) is 2.73. The summed E-state index contributed by atoms with van der Waals surface area (Å²) in [6, 6.07) is 5.83. The van der Waals surface area contributed by atoms with E-state index in [1.165, 1.54) is 6.42 Å². The second-order valence-corrected chi connectivity index (χ2v) is 7.60. The van der Waals surface area contributed by atoms with Gasteiger partial charge >= 0.3 is 0 Å². The van der Waals surface area contributed by atoms with Crippen molar-refractivity contribution in [1.29, 1.82) is 5.26 Å². The zero-order chi connectivity index (χ0) is 20.8. The van der Waals surface area contributed by atoms with Crippen LogP contribution in [0.2, 0.25) is 0 Å². The van der Waals surface area contributed by atoms with Crippen LogP contribution in [0, 0.1) is 25.2 Å². The topological polar surface area (TPSA) is 102 Å². The Morgan fingerprint density at radius 3 is 2.76 bits per heavy atom. The number of H-pyrrole nitrogens is 1. The van der Waals surface area contributed by atoms with E-state index in [4.69, 9.17) is 4.42 Å². The molecule has 3 rings (SSSR count). The zero-order valence-corrected chi connectivity index (χ0v) is 17.1. The summed E-state index contributed by atoms with van der Waals surface area (Å²) >= 11 is 0. The van der Waals surface area contributed by atoms with E-state index >= 15 is 0 Å². The van der Waals surface area contributed by atoms with Crippen LogP contribution in [0.5, 0.6) is 0 Å². The van der Waals surface area contributed by atoms with Gasteiger partial charge in [-0.15, -0.1) is 0 Å². The lowest BCUT2D eigenvalue weighted by atomic mass is 9.99. The zero-order valence-electron chi connectivity index (χ0n) is 17.1. The highest BCUT2D eigenvalue weighted by molar-refractivity contribution is 5.76. The molecule has 2 aromatic heterocycles. The number of carbonyl (C=O) groups is 1. The van der Waals surface area contributed by atoms with Crippen LogP contribution in [0.1, 0.15) is 59.9 Å². The van der Waals surface area contributed by atoms with E-state index in [2.05, 4.69) is 15.2 Å². The molecule has 3 heterocycles. The third-order valence-electron chi connectivity index (χ3n) is 5.72. The first-order valence-electron chi connectivity index (χ1n) is 10.2. The standard InChI is InChI=1S/C22H28N4O3/c1-15-17(16(2)25-22(28)18(15)13-23)8-9-21(27)24-14-19(20-7-6-12-29-20)26-10-4-3-5-11-26/h6-7,12,19H,3-5,8-11,14H2,1-2H3,(H,24,27)(H,25,28)/t19-/m0/s1. The van der Waals surface area contributed by atoms with Gasteiger partial charge in [0.25, 0.3) is 5.56 Å². The second-order valence-electron chi connectivity index (χ2n) is 7.60. The Morgan fingerprint density at radius 1 is 1.34 bits per heavy atom. The number of nitrogens with zero attached hydrogens (tertiary/aromatic N) is 2. The number of amides is 1. The van der Waals surface area contributed by atoms with Crippen molar-refractivity contribution in [2.24, 2.45) is 0 Å². The number of nitriles is 1. The van der Waals surface area contributed by atoms with Crippen LogP contribution in [0.4, 0.5) is 0 Å². The average molecular weight is 396 g/mol. The summed E-state index contributed by atoms with van der Waals surface area (Å²) in [5, 5.41) is 12.2. The molecular formula is C22H28N4O3. The van der Waals surface area contributed by atoms with Crippen molar-refractivity contribution in [3.63, 3.8) is 0 Å². The molecule has 154 valence electrons. The van der Waals surface area contributed by atoms with E-state index in [1.54, 1.807) is 20.1 Å². The minimum absolute atomic E-state index is 0.0380. The summed E-state index contributed by atoms with van der Waals surface area (Å²) in [5.74, 6) is 0.820. The van der Waals surface area contributed by atoms with Gasteiger partial charge in [0, 0.05) is 18.7 Å². The number of hydrogen-bond donors (Lipinski definition) is 2. The van der Waals surface area contributed by atoms with Gasteiger partial charge in [-0.05, 0) is 69.5 Å². The number of nitrogens with one attached hydrogen (secondary N) is 2. The van der Waals surface area contributed by atoms with Gasteiger partial charge in [-0.2, -0.15) is 5.26 Å². The number of furan rings is 1. The maximum absolute atomic E-state index is 12.5. The highest BCUT2D eigenvalue weighted by Crippen LogP contribution is 2.24. The van der Waals surface area contributed by atoms with E-state index in [0.717, 1.165) is 37.3 Å². The number of aromatic nitrogens is 1. The van der Waals surface area contributed by atoms with E-state index in [1.807, 2.05) is 18.2 Å². The number of pyridine rings is 1. The number of aryl methyl sites for hydroxylation is 1. The van der Waals surface area contributed by atoms with E-state index in [9.17, 15) is 14.9 Å². The van der Waals surface area contributed by atoms with Gasteiger partial charge in [-0.3, -0.25) is 14.5 Å². The van der Waals surface area contributed by atoms with Crippen LogP contribution >= 0.6 is 0 Å². The van der Waals surface area contributed by atoms with Gasteiger partial charge in [-0.1, -0.05) is 6.42 Å². The number of hydrogen-bond acceptors (Lipinski definition) is 5. The van der Waals surface area contributed by atoms with Crippen molar-refractivity contribution in [2.75, 3.05) is 19.6 Å². The number of piperidine rings is 1. The van der Waals surface area contributed by atoms with Crippen molar-refractivity contribution in [1.82, 2.24) is 15.2 Å². The minimum atomic E-state index is -0.376. The maximum Gasteiger partial charge on any atom is 0.266 e. The molecule has 0 unspecified atom stereocenters. The SMILES string of the molecule is Cc1[nH]c(=O)c(C#N)c(C)c1CCC(=O)NC[C@@H](c1ccco1)N1CCCCC1. The lowest BCUT2D eigenvalue weighted by Gasteiger charge is -2.33. The number of aromatic amines is 1. The smallest absolute Gasteiger partial charge is 0.266 e. The molecule has 1 aliphatic rings. The van der Waals surface area contributed by atoms with Crippen LogP contribution in [-0.2, 0) is 11.2 Å². The molecule has 0 bridgehead atoms. The Hall–Kier alpha value is -2.85. The highest BCUT2D eigenvalue weighted by Gasteiger charge is 2.25. The van der Waals surface area contributed by atoms with Crippen molar-refractivity contribution < 1.29 is 9.21 Å². The molecule has 7 nitrogen and oxygen atoms in total. The van der Waals surface area contributed by atoms with Gasteiger partial charge in [0.15, 0.2) is 0 Å². The molecule has 1 aliphatic heterocycles. The molecule has 7 heteroatoms. The van der Waals surface area contributed by atoms with Gasteiger partial charge in [-0.25, -0.2) is 0 Å². The molecule has 1 fully saturated rings. The summed E-state index contributed by atoms with van der Waals surface area (Å²) < 4.78 is 5.62. The fourth-order valence-corrected chi connectivity index (χ4v) is 4.08. The Bertz CT molecular complexity index is 934. The lowest BCUT2D eigenvalue weighted by Crippen LogP contribution is -2.40. The molecule has 29 heavy (non-hydrogen) atoms. The van der Waals surface area contributed by atoms with E-state index in [-0.39, 0.29) is 23.1 Å². The third-order valence-corrected chi connectivity index (χ3v) is 5.72. The molecule has 0 spiro atoms. The average Bonchev–Trinajstić information content (AvgIpc) is 3.23. The number of likely N-dealkylation sites (tertiary alicyclic amines) is 1. The molecule has 1 amide bonds. The predicted molar refractivity (Wildman–Crippen MR) is 109 cm³/mol. The summed E-state index contributed by atoms with van der Waals surface area (Å²) in [6.07, 6.45) is 6.01. The largest absolute Gasteiger partial charge is 0.468 e. The second kappa shape index (κ2) is 9.57. The van der Waals surface area contributed by atoms with Crippen molar-refractivity contribution in [2.45, 2.75) is 52.0 Å². The summed E-state index contributed by atoms with van der Waals surface area (Å²) in [6.45, 7) is 6.07. The fourth-order valence-electron chi connectivity index (χ4n) is 4.08. The number of rotatable bonds is 7. The molecule has 2 N–H and O–H groups in total. The molecular weight excluding hydrogens is 368 g/mol. The Kier molecular flexibility index (Phi) is 6.89. The molecule has 2 aromatic rings. The van der Waals surface area contributed by atoms with Crippen LogP contribution in [0.25, 0.3) is 0 Å². The van der Waals surface area contributed by atoms with Gasteiger partial charge in [0.05, 0.1) is 12.3 Å². The first kappa shape index (κ1) is 20.9. The molecule has 0 aromatic carbocycles. The third kappa shape index (κ3) is 4.96. The van der Waals surface area contributed by atoms with Crippen molar-refractivity contribution in [3.05, 3.63) is 56.9 Å². The summed E-state index contributed by atoms with van der Waals surface area (Å²) in [7, 11) is 0.